The lowest BCUT2D eigenvalue weighted by Gasteiger charge is -2.39. The highest BCUT2D eigenvalue weighted by atomic mass is 16.2. The van der Waals surface area contributed by atoms with E-state index < -0.39 is 0 Å². The van der Waals surface area contributed by atoms with Crippen LogP contribution >= 0.6 is 0 Å². The maximum Gasteiger partial charge on any atom is 0.228 e. The van der Waals surface area contributed by atoms with Crippen molar-refractivity contribution in [2.45, 2.75) is 44.6 Å². The molecule has 0 aromatic carbocycles. The Balaban J connectivity index is 1.35. The number of piperazine rings is 1. The van der Waals surface area contributed by atoms with Crippen LogP contribution in [0, 0.1) is 5.92 Å². The fourth-order valence-electron chi connectivity index (χ4n) is 3.87. The molecule has 1 amide bonds. The van der Waals surface area contributed by atoms with Gasteiger partial charge in [0.15, 0.2) is 0 Å². The van der Waals surface area contributed by atoms with E-state index in [4.69, 9.17) is 0 Å². The van der Waals surface area contributed by atoms with Gasteiger partial charge in [-0.1, -0.05) is 12.8 Å². The molecule has 3 aliphatic rings. The molecule has 5 heteroatoms. The van der Waals surface area contributed by atoms with Gasteiger partial charge in [-0.15, -0.1) is 0 Å². The van der Waals surface area contributed by atoms with Crippen molar-refractivity contribution in [1.29, 1.82) is 0 Å². The number of hydrogen-bond donors (Lipinski definition) is 1. The Morgan fingerprint density at radius 3 is 2.52 bits per heavy atom. The maximum atomic E-state index is 11.9. The van der Waals surface area contributed by atoms with Gasteiger partial charge in [0.05, 0.1) is 0 Å². The summed E-state index contributed by atoms with van der Waals surface area (Å²) in [6, 6.07) is 4.90. The summed E-state index contributed by atoms with van der Waals surface area (Å²) in [7, 11) is 0. The van der Waals surface area contributed by atoms with Gasteiger partial charge in [0, 0.05) is 56.1 Å². The van der Waals surface area contributed by atoms with Gasteiger partial charge in [0.25, 0.3) is 0 Å². The Bertz CT molecular complexity index is 558. The first-order chi connectivity index (χ1) is 11.3. The molecular weight excluding hydrogens is 288 g/mol. The summed E-state index contributed by atoms with van der Waals surface area (Å²) in [6.07, 6.45) is 9.42. The smallest absolute Gasteiger partial charge is 0.228 e. The van der Waals surface area contributed by atoms with Crippen LogP contribution in [0.1, 0.15) is 38.5 Å². The zero-order valence-electron chi connectivity index (χ0n) is 13.7. The van der Waals surface area contributed by atoms with Crippen molar-refractivity contribution in [3.05, 3.63) is 18.3 Å². The van der Waals surface area contributed by atoms with Crippen LogP contribution in [0.3, 0.4) is 0 Å². The summed E-state index contributed by atoms with van der Waals surface area (Å²) >= 11 is 0. The predicted molar refractivity (Wildman–Crippen MR) is 91.6 cm³/mol. The first kappa shape index (κ1) is 14.9. The molecular formula is C18H26N4O. The van der Waals surface area contributed by atoms with Gasteiger partial charge < -0.3 is 10.2 Å². The Morgan fingerprint density at radius 2 is 1.83 bits per heavy atom. The van der Waals surface area contributed by atoms with Gasteiger partial charge in [0.2, 0.25) is 5.91 Å². The van der Waals surface area contributed by atoms with Crippen LogP contribution in [-0.2, 0) is 4.79 Å². The fraction of sp³-hybridized carbons (Fsp3) is 0.667. The van der Waals surface area contributed by atoms with Gasteiger partial charge in [0.1, 0.15) is 5.82 Å². The molecule has 124 valence electrons. The highest BCUT2D eigenvalue weighted by Gasteiger charge is 2.30. The van der Waals surface area contributed by atoms with E-state index in [1.54, 1.807) is 6.20 Å². The normalized spacial score (nSPS) is 23.2. The lowest BCUT2D eigenvalue weighted by molar-refractivity contribution is -0.117. The molecule has 0 atom stereocenters. The van der Waals surface area contributed by atoms with Crippen molar-refractivity contribution in [3.8, 4) is 0 Å². The molecule has 0 radical (unpaired) electrons. The van der Waals surface area contributed by atoms with Crippen molar-refractivity contribution in [3.63, 3.8) is 0 Å². The van der Waals surface area contributed by atoms with Crippen molar-refractivity contribution < 1.29 is 4.79 Å². The molecule has 4 rings (SSSR count). The Kier molecular flexibility index (Phi) is 4.21. The second-order valence-corrected chi connectivity index (χ2v) is 7.12. The van der Waals surface area contributed by atoms with Gasteiger partial charge in [-0.3, -0.25) is 9.69 Å². The third-order valence-corrected chi connectivity index (χ3v) is 5.46. The van der Waals surface area contributed by atoms with Crippen LogP contribution in [0.2, 0.25) is 0 Å². The summed E-state index contributed by atoms with van der Waals surface area (Å²) in [5.74, 6) is 1.04. The summed E-state index contributed by atoms with van der Waals surface area (Å²) in [5, 5.41) is 2.95. The number of anilines is 2. The molecule has 5 nitrogen and oxygen atoms in total. The lowest BCUT2D eigenvalue weighted by atomic mass is 10.1. The van der Waals surface area contributed by atoms with Crippen molar-refractivity contribution in [1.82, 2.24) is 9.88 Å². The summed E-state index contributed by atoms with van der Waals surface area (Å²) in [4.78, 5) is 21.3. The number of amides is 1. The van der Waals surface area contributed by atoms with Crippen molar-refractivity contribution in [2.75, 3.05) is 36.4 Å². The molecule has 23 heavy (non-hydrogen) atoms. The summed E-state index contributed by atoms with van der Waals surface area (Å²) in [6.45, 7) is 4.43. The van der Waals surface area contributed by atoms with Gasteiger partial charge >= 0.3 is 0 Å². The van der Waals surface area contributed by atoms with Gasteiger partial charge in [-0.05, 0) is 31.7 Å². The largest absolute Gasteiger partial charge is 0.369 e. The van der Waals surface area contributed by atoms with Crippen LogP contribution in [0.4, 0.5) is 11.5 Å². The average molecular weight is 314 g/mol. The lowest BCUT2D eigenvalue weighted by Crippen LogP contribution is -2.49. The molecule has 1 aliphatic heterocycles. The van der Waals surface area contributed by atoms with E-state index >= 15 is 0 Å². The minimum absolute atomic E-state index is 0.126. The van der Waals surface area contributed by atoms with Crippen LogP contribution in [-0.4, -0.2) is 48.0 Å². The summed E-state index contributed by atoms with van der Waals surface area (Å²) < 4.78 is 0. The van der Waals surface area contributed by atoms with Gasteiger partial charge in [-0.2, -0.15) is 0 Å². The van der Waals surface area contributed by atoms with Crippen LogP contribution in [0.5, 0.6) is 0 Å². The highest BCUT2D eigenvalue weighted by molar-refractivity contribution is 5.93. The average Bonchev–Trinajstić information content (AvgIpc) is 3.30. The molecule has 1 aromatic rings. The molecule has 0 spiro atoms. The van der Waals surface area contributed by atoms with Crippen LogP contribution < -0.4 is 10.2 Å². The first-order valence-corrected chi connectivity index (χ1v) is 9.05. The number of pyridine rings is 1. The van der Waals surface area contributed by atoms with Crippen LogP contribution in [0.15, 0.2) is 18.3 Å². The number of aromatic nitrogens is 1. The SMILES string of the molecule is O=C(Nc1cc(N2CCN(C3CCCC3)CC2)ccn1)C1CC1. The number of carbonyl (C=O) groups excluding carboxylic acids is 1. The topological polar surface area (TPSA) is 48.5 Å². The molecule has 2 aliphatic carbocycles. The number of nitrogens with zero attached hydrogens (tertiary/aromatic N) is 3. The third-order valence-electron chi connectivity index (χ3n) is 5.46. The quantitative estimate of drug-likeness (QED) is 0.927. The molecule has 1 aromatic heterocycles. The van der Waals surface area contributed by atoms with E-state index in [0.717, 1.165) is 45.1 Å². The fourth-order valence-corrected chi connectivity index (χ4v) is 3.87. The van der Waals surface area contributed by atoms with E-state index in [2.05, 4.69) is 26.2 Å². The third kappa shape index (κ3) is 3.50. The van der Waals surface area contributed by atoms with E-state index in [9.17, 15) is 4.79 Å². The van der Waals surface area contributed by atoms with E-state index in [1.165, 1.54) is 31.4 Å². The zero-order valence-corrected chi connectivity index (χ0v) is 13.7. The Labute approximate surface area is 138 Å². The van der Waals surface area contributed by atoms with E-state index in [0.29, 0.717) is 5.82 Å². The molecule has 1 saturated heterocycles. The molecule has 2 heterocycles. The maximum absolute atomic E-state index is 11.9. The van der Waals surface area contributed by atoms with Crippen molar-refractivity contribution >= 4 is 17.4 Å². The number of nitrogens with one attached hydrogen (secondary N) is 1. The van der Waals surface area contributed by atoms with Crippen LogP contribution in [0.25, 0.3) is 0 Å². The predicted octanol–water partition coefficient (Wildman–Crippen LogP) is 2.49. The second-order valence-electron chi connectivity index (χ2n) is 7.12. The minimum atomic E-state index is 0.126. The molecule has 2 saturated carbocycles. The standard InChI is InChI=1S/C18H26N4O/c23-18(14-5-6-14)20-17-13-16(7-8-19-17)22-11-9-21(10-12-22)15-3-1-2-4-15/h7-8,13-15H,1-6,9-12H2,(H,19,20,23). The highest BCUT2D eigenvalue weighted by Crippen LogP contribution is 2.30. The Morgan fingerprint density at radius 1 is 1.09 bits per heavy atom. The van der Waals surface area contributed by atoms with Gasteiger partial charge in [-0.25, -0.2) is 4.98 Å². The summed E-state index contributed by atoms with van der Waals surface area (Å²) in [5.41, 5.74) is 1.18. The minimum Gasteiger partial charge on any atom is -0.369 e. The second kappa shape index (κ2) is 6.48. The van der Waals surface area contributed by atoms with E-state index in [1.807, 2.05) is 6.07 Å². The number of carbonyl (C=O) groups is 1. The van der Waals surface area contributed by atoms with E-state index in [-0.39, 0.29) is 11.8 Å². The molecule has 0 bridgehead atoms. The molecule has 0 unspecified atom stereocenters. The molecule has 1 N–H and O–H groups in total. The zero-order chi connectivity index (χ0) is 15.6. The Hall–Kier alpha value is -1.62. The number of rotatable bonds is 4. The van der Waals surface area contributed by atoms with Crippen molar-refractivity contribution in [2.24, 2.45) is 5.92 Å². The first-order valence-electron chi connectivity index (χ1n) is 9.05. The molecule has 3 fully saturated rings. The number of hydrogen-bond acceptors (Lipinski definition) is 4. The monoisotopic (exact) mass is 314 g/mol.